The molecule has 0 bridgehead atoms. The highest BCUT2D eigenvalue weighted by Crippen LogP contribution is 2.40. The molecule has 156 valence electrons. The first-order valence-corrected chi connectivity index (χ1v) is 12.0. The molecule has 2 N–H and O–H groups in total. The number of hydrogen-bond donors (Lipinski definition) is 1. The van der Waals surface area contributed by atoms with Gasteiger partial charge in [-0.25, -0.2) is 0 Å². The van der Waals surface area contributed by atoms with Gasteiger partial charge in [0.05, 0.1) is 0 Å². The molecular formula is C27H31NOS. The fourth-order valence-electron chi connectivity index (χ4n) is 4.30. The molecule has 1 saturated carbocycles. The SMILES string of the molecule is CCCc1cc(N)ccc1Oc1ccc(C2CCC(Sc3ccccc3)CC2)cc1. The maximum Gasteiger partial charge on any atom is 0.130 e. The third-order valence-electron chi connectivity index (χ3n) is 5.90. The van der Waals surface area contributed by atoms with Crippen molar-refractivity contribution in [3.63, 3.8) is 0 Å². The van der Waals surface area contributed by atoms with Crippen molar-refractivity contribution >= 4 is 17.4 Å². The second-order valence-corrected chi connectivity index (χ2v) is 9.57. The van der Waals surface area contributed by atoms with Crippen LogP contribution in [0.1, 0.15) is 56.1 Å². The lowest BCUT2D eigenvalue weighted by atomic mass is 9.84. The van der Waals surface area contributed by atoms with Gasteiger partial charge >= 0.3 is 0 Å². The van der Waals surface area contributed by atoms with Crippen LogP contribution in [0.5, 0.6) is 11.5 Å². The molecule has 1 aliphatic carbocycles. The highest BCUT2D eigenvalue weighted by molar-refractivity contribution is 8.00. The van der Waals surface area contributed by atoms with Gasteiger partial charge in [0.15, 0.2) is 0 Å². The smallest absolute Gasteiger partial charge is 0.130 e. The zero-order valence-corrected chi connectivity index (χ0v) is 18.5. The molecular weight excluding hydrogens is 386 g/mol. The van der Waals surface area contributed by atoms with Crippen LogP contribution < -0.4 is 10.5 Å². The second kappa shape index (κ2) is 10.1. The maximum absolute atomic E-state index is 6.18. The van der Waals surface area contributed by atoms with E-state index in [1.165, 1.54) is 41.7 Å². The third kappa shape index (κ3) is 5.40. The fraction of sp³-hybridized carbons (Fsp3) is 0.333. The Morgan fingerprint density at radius 2 is 1.63 bits per heavy atom. The van der Waals surface area contributed by atoms with Crippen molar-refractivity contribution < 1.29 is 4.74 Å². The molecule has 0 amide bonds. The molecule has 3 aromatic rings. The lowest BCUT2D eigenvalue weighted by molar-refractivity contribution is 0.451. The van der Waals surface area contributed by atoms with E-state index < -0.39 is 0 Å². The molecule has 0 aliphatic heterocycles. The summed E-state index contributed by atoms with van der Waals surface area (Å²) in [6.07, 6.45) is 7.15. The minimum Gasteiger partial charge on any atom is -0.457 e. The average Bonchev–Trinajstić information content (AvgIpc) is 2.78. The van der Waals surface area contributed by atoms with Gasteiger partial charge in [0.2, 0.25) is 0 Å². The van der Waals surface area contributed by atoms with E-state index in [0.29, 0.717) is 5.92 Å². The first-order chi connectivity index (χ1) is 14.7. The molecule has 0 radical (unpaired) electrons. The predicted octanol–water partition coefficient (Wildman–Crippen LogP) is 7.83. The van der Waals surface area contributed by atoms with Crippen molar-refractivity contribution in [3.8, 4) is 11.5 Å². The van der Waals surface area contributed by atoms with Gasteiger partial charge in [-0.15, -0.1) is 11.8 Å². The van der Waals surface area contributed by atoms with Crippen LogP contribution in [0.15, 0.2) is 77.7 Å². The fourth-order valence-corrected chi connectivity index (χ4v) is 5.51. The molecule has 0 atom stereocenters. The Morgan fingerprint density at radius 3 is 2.33 bits per heavy atom. The minimum absolute atomic E-state index is 0.666. The molecule has 0 spiro atoms. The van der Waals surface area contributed by atoms with E-state index in [1.807, 2.05) is 30.0 Å². The Hall–Kier alpha value is -2.39. The number of thioether (sulfide) groups is 1. The molecule has 1 aliphatic rings. The number of hydrogen-bond acceptors (Lipinski definition) is 3. The zero-order valence-electron chi connectivity index (χ0n) is 17.7. The Morgan fingerprint density at radius 1 is 0.900 bits per heavy atom. The van der Waals surface area contributed by atoms with Gasteiger partial charge in [-0.2, -0.15) is 0 Å². The molecule has 1 fully saturated rings. The van der Waals surface area contributed by atoms with Crippen LogP contribution in [0, 0.1) is 0 Å². The lowest BCUT2D eigenvalue weighted by Gasteiger charge is -2.28. The number of rotatable bonds is 7. The molecule has 3 heteroatoms. The molecule has 30 heavy (non-hydrogen) atoms. The zero-order chi connectivity index (χ0) is 20.8. The van der Waals surface area contributed by atoms with Gasteiger partial charge in [0.1, 0.15) is 11.5 Å². The molecule has 3 aromatic carbocycles. The number of nitrogens with two attached hydrogens (primary N) is 1. The maximum atomic E-state index is 6.18. The monoisotopic (exact) mass is 417 g/mol. The van der Waals surface area contributed by atoms with Gasteiger partial charge < -0.3 is 10.5 Å². The van der Waals surface area contributed by atoms with Crippen LogP contribution in [0.25, 0.3) is 0 Å². The quantitative estimate of drug-likeness (QED) is 0.398. The van der Waals surface area contributed by atoms with Crippen LogP contribution in [0.3, 0.4) is 0 Å². The Balaban J connectivity index is 1.34. The van der Waals surface area contributed by atoms with Crippen LogP contribution in [0.2, 0.25) is 0 Å². The molecule has 0 saturated heterocycles. The van der Waals surface area contributed by atoms with E-state index in [0.717, 1.165) is 35.3 Å². The summed E-state index contributed by atoms with van der Waals surface area (Å²) in [4.78, 5) is 1.40. The molecule has 0 heterocycles. The number of benzene rings is 3. The van der Waals surface area contributed by atoms with E-state index >= 15 is 0 Å². The molecule has 2 nitrogen and oxygen atoms in total. The molecule has 4 rings (SSSR count). The number of nitrogen functional groups attached to an aromatic ring is 1. The van der Waals surface area contributed by atoms with Gasteiger partial charge in [0.25, 0.3) is 0 Å². The largest absolute Gasteiger partial charge is 0.457 e. The van der Waals surface area contributed by atoms with E-state index in [-0.39, 0.29) is 0 Å². The van der Waals surface area contributed by atoms with E-state index in [1.54, 1.807) is 0 Å². The van der Waals surface area contributed by atoms with Crippen LogP contribution in [-0.4, -0.2) is 5.25 Å². The van der Waals surface area contributed by atoms with Crippen molar-refractivity contribution in [1.82, 2.24) is 0 Å². The number of ether oxygens (including phenoxy) is 1. The molecule has 0 unspecified atom stereocenters. The van der Waals surface area contributed by atoms with E-state index in [9.17, 15) is 0 Å². The topological polar surface area (TPSA) is 35.2 Å². The highest BCUT2D eigenvalue weighted by atomic mass is 32.2. The minimum atomic E-state index is 0.666. The molecule has 0 aromatic heterocycles. The van der Waals surface area contributed by atoms with Crippen molar-refractivity contribution in [3.05, 3.63) is 83.9 Å². The van der Waals surface area contributed by atoms with Crippen molar-refractivity contribution in [2.45, 2.75) is 61.5 Å². The van der Waals surface area contributed by atoms with Crippen LogP contribution in [-0.2, 0) is 6.42 Å². The average molecular weight is 418 g/mol. The Labute approximate surface area is 184 Å². The standard InChI is InChI=1S/C27H31NOS/c1-2-6-22-19-23(28)13-18-27(22)29-24-14-9-20(10-15-24)21-11-16-26(17-12-21)30-25-7-4-3-5-8-25/h3-5,7-10,13-15,18-19,21,26H,2,6,11-12,16-17,28H2,1H3. The Bertz CT molecular complexity index is 931. The predicted molar refractivity (Wildman–Crippen MR) is 129 cm³/mol. The first-order valence-electron chi connectivity index (χ1n) is 11.1. The summed E-state index contributed by atoms with van der Waals surface area (Å²) >= 11 is 2.04. The Kier molecular flexibility index (Phi) is 7.01. The number of anilines is 1. The van der Waals surface area contributed by atoms with Crippen molar-refractivity contribution in [2.75, 3.05) is 5.73 Å². The second-order valence-electron chi connectivity index (χ2n) is 8.19. The summed E-state index contributed by atoms with van der Waals surface area (Å²) in [5.41, 5.74) is 9.36. The van der Waals surface area contributed by atoms with Crippen LogP contribution in [0.4, 0.5) is 5.69 Å². The normalized spacial score (nSPS) is 18.8. The van der Waals surface area contributed by atoms with E-state index in [4.69, 9.17) is 10.5 Å². The first kappa shape index (κ1) is 20.9. The third-order valence-corrected chi connectivity index (χ3v) is 7.25. The summed E-state index contributed by atoms with van der Waals surface area (Å²) in [7, 11) is 0. The van der Waals surface area contributed by atoms with Gasteiger partial charge in [-0.1, -0.05) is 43.7 Å². The summed E-state index contributed by atoms with van der Waals surface area (Å²) in [6.45, 7) is 2.18. The lowest BCUT2D eigenvalue weighted by Crippen LogP contribution is -2.14. The van der Waals surface area contributed by atoms with Gasteiger partial charge in [-0.05, 0) is 91.6 Å². The van der Waals surface area contributed by atoms with Gasteiger partial charge in [0, 0.05) is 15.8 Å². The van der Waals surface area contributed by atoms with Crippen LogP contribution >= 0.6 is 11.8 Å². The van der Waals surface area contributed by atoms with Gasteiger partial charge in [-0.3, -0.25) is 0 Å². The summed E-state index contributed by atoms with van der Waals surface area (Å²) in [6, 6.07) is 25.5. The number of aryl methyl sites for hydroxylation is 1. The van der Waals surface area contributed by atoms with Crippen molar-refractivity contribution in [1.29, 1.82) is 0 Å². The van der Waals surface area contributed by atoms with E-state index in [2.05, 4.69) is 61.5 Å². The highest BCUT2D eigenvalue weighted by Gasteiger charge is 2.23. The van der Waals surface area contributed by atoms with Crippen molar-refractivity contribution in [2.24, 2.45) is 0 Å². The summed E-state index contributed by atoms with van der Waals surface area (Å²) < 4.78 is 6.18. The summed E-state index contributed by atoms with van der Waals surface area (Å²) in [5, 5.41) is 0.744. The summed E-state index contributed by atoms with van der Waals surface area (Å²) in [5.74, 6) is 2.48.